The predicted octanol–water partition coefficient (Wildman–Crippen LogP) is 2.85. The summed E-state index contributed by atoms with van der Waals surface area (Å²) in [6.07, 6.45) is 6.50. The molecule has 0 bridgehead atoms. The molecule has 2 aromatic rings. The van der Waals surface area contributed by atoms with E-state index >= 15 is 0 Å². The Balaban J connectivity index is 2.62. The average Bonchev–Trinajstić information content (AvgIpc) is 2.17. The van der Waals surface area contributed by atoms with Crippen LogP contribution < -0.4 is 0 Å². The number of fused-ring (bicyclic) bond motifs is 1. The van der Waals surface area contributed by atoms with Crippen molar-refractivity contribution in [3.63, 3.8) is 0 Å². The first-order chi connectivity index (χ1) is 6.27. The van der Waals surface area contributed by atoms with E-state index in [1.807, 2.05) is 18.3 Å². The summed E-state index contributed by atoms with van der Waals surface area (Å²) in [5.41, 5.74) is 1.09. The van der Waals surface area contributed by atoms with Gasteiger partial charge in [0.15, 0.2) is 0 Å². The van der Waals surface area contributed by atoms with Crippen LogP contribution in [-0.2, 0) is 0 Å². The minimum atomic E-state index is -0.0313. The van der Waals surface area contributed by atoms with E-state index < -0.39 is 0 Å². The lowest BCUT2D eigenvalue weighted by Gasteiger charge is -2.09. The maximum atomic E-state index is 4.42. The van der Waals surface area contributed by atoms with Gasteiger partial charge in [0, 0.05) is 16.5 Å². The fourth-order valence-electron chi connectivity index (χ4n) is 1.30. The van der Waals surface area contributed by atoms with Crippen molar-refractivity contribution in [3.05, 3.63) is 36.5 Å². The van der Waals surface area contributed by atoms with E-state index in [1.165, 1.54) is 10.3 Å². The maximum Gasteiger partial charge on any atom is 0.0702 e. The standard InChI is InChI=1S/C11H13NS/c1-13(2)10-7-9-5-3-4-6-11(9)12-8-10/h3-8,13H,1-2H3. The second kappa shape index (κ2) is 3.38. The van der Waals surface area contributed by atoms with Gasteiger partial charge >= 0.3 is 0 Å². The number of benzene rings is 1. The molecule has 0 radical (unpaired) electrons. The highest BCUT2D eigenvalue weighted by molar-refractivity contribution is 8.15. The van der Waals surface area contributed by atoms with Crippen molar-refractivity contribution < 1.29 is 0 Å². The molecule has 0 amide bonds. The molecule has 2 rings (SSSR count). The van der Waals surface area contributed by atoms with Crippen LogP contribution in [0.25, 0.3) is 10.9 Å². The molecule has 13 heavy (non-hydrogen) atoms. The molecule has 0 saturated heterocycles. The van der Waals surface area contributed by atoms with Crippen LogP contribution in [0, 0.1) is 0 Å². The molecule has 1 heterocycles. The van der Waals surface area contributed by atoms with E-state index in [2.05, 4.69) is 35.7 Å². The average molecular weight is 191 g/mol. The highest BCUT2D eigenvalue weighted by atomic mass is 32.2. The Hall–Kier alpha value is -1.02. The number of pyridine rings is 1. The second-order valence-corrected chi connectivity index (χ2v) is 5.59. The van der Waals surface area contributed by atoms with Crippen molar-refractivity contribution in [1.29, 1.82) is 0 Å². The van der Waals surface area contributed by atoms with Crippen LogP contribution in [0.5, 0.6) is 0 Å². The summed E-state index contributed by atoms with van der Waals surface area (Å²) in [4.78, 5) is 5.79. The molecule has 0 fully saturated rings. The molecule has 0 aliphatic heterocycles. The molecular formula is C11H13NS. The first-order valence-electron chi connectivity index (χ1n) is 4.29. The molecular weight excluding hydrogens is 178 g/mol. The summed E-state index contributed by atoms with van der Waals surface area (Å²) < 4.78 is 0. The van der Waals surface area contributed by atoms with Gasteiger partial charge in [0.05, 0.1) is 5.52 Å². The Labute approximate surface area is 81.2 Å². The monoisotopic (exact) mass is 191 g/mol. The van der Waals surface area contributed by atoms with E-state index in [4.69, 9.17) is 0 Å². The van der Waals surface area contributed by atoms with Gasteiger partial charge in [-0.3, -0.25) is 4.98 Å². The Bertz CT molecular complexity index is 423. The van der Waals surface area contributed by atoms with Crippen molar-refractivity contribution in [2.75, 3.05) is 12.5 Å². The normalized spacial score (nSPS) is 11.7. The highest BCUT2D eigenvalue weighted by Gasteiger charge is 1.97. The van der Waals surface area contributed by atoms with Gasteiger partial charge in [-0.25, -0.2) is 10.9 Å². The number of aromatic nitrogens is 1. The van der Waals surface area contributed by atoms with E-state index in [9.17, 15) is 0 Å². The molecule has 0 saturated carbocycles. The molecule has 1 aromatic carbocycles. The first-order valence-corrected chi connectivity index (χ1v) is 6.53. The number of nitrogens with zero attached hydrogens (tertiary/aromatic N) is 1. The Morgan fingerprint density at radius 1 is 1.15 bits per heavy atom. The van der Waals surface area contributed by atoms with Crippen LogP contribution in [0.4, 0.5) is 0 Å². The SMILES string of the molecule is C[SH](C)c1cnc2ccccc2c1. The van der Waals surface area contributed by atoms with Crippen molar-refractivity contribution in [1.82, 2.24) is 4.98 Å². The number of hydrogen-bond acceptors (Lipinski definition) is 1. The van der Waals surface area contributed by atoms with Crippen molar-refractivity contribution >= 4 is 21.8 Å². The molecule has 1 nitrogen and oxygen atoms in total. The molecule has 0 atom stereocenters. The summed E-state index contributed by atoms with van der Waals surface area (Å²) in [5.74, 6) is 0. The smallest absolute Gasteiger partial charge is 0.0702 e. The lowest BCUT2D eigenvalue weighted by Crippen LogP contribution is -1.82. The number of para-hydroxylation sites is 1. The molecule has 68 valence electrons. The van der Waals surface area contributed by atoms with Gasteiger partial charge in [0.25, 0.3) is 0 Å². The summed E-state index contributed by atoms with van der Waals surface area (Å²) in [7, 11) is -0.0313. The van der Waals surface area contributed by atoms with Gasteiger partial charge < -0.3 is 0 Å². The third kappa shape index (κ3) is 1.68. The molecule has 0 spiro atoms. The highest BCUT2D eigenvalue weighted by Crippen LogP contribution is 2.29. The van der Waals surface area contributed by atoms with Gasteiger partial charge in [-0.2, -0.15) is 0 Å². The quantitative estimate of drug-likeness (QED) is 0.684. The minimum absolute atomic E-state index is 0.0313. The largest absolute Gasteiger partial charge is 0.255 e. The number of rotatable bonds is 1. The van der Waals surface area contributed by atoms with Crippen molar-refractivity contribution in [2.45, 2.75) is 4.90 Å². The summed E-state index contributed by atoms with van der Waals surface area (Å²) in [6.45, 7) is 0. The van der Waals surface area contributed by atoms with Gasteiger partial charge in [0.2, 0.25) is 0 Å². The zero-order chi connectivity index (χ0) is 9.26. The van der Waals surface area contributed by atoms with E-state index in [0.717, 1.165) is 5.52 Å². The van der Waals surface area contributed by atoms with Crippen LogP contribution in [0.15, 0.2) is 41.4 Å². The molecule has 1 aromatic heterocycles. The van der Waals surface area contributed by atoms with Crippen LogP contribution >= 0.6 is 10.9 Å². The second-order valence-electron chi connectivity index (χ2n) is 3.28. The van der Waals surface area contributed by atoms with Crippen LogP contribution in [-0.4, -0.2) is 17.5 Å². The summed E-state index contributed by atoms with van der Waals surface area (Å²) in [6, 6.07) is 10.5. The van der Waals surface area contributed by atoms with E-state index in [0.29, 0.717) is 0 Å². The maximum absolute atomic E-state index is 4.42. The Morgan fingerprint density at radius 2 is 1.92 bits per heavy atom. The summed E-state index contributed by atoms with van der Waals surface area (Å²) >= 11 is 0. The van der Waals surface area contributed by atoms with Gasteiger partial charge in [-0.15, -0.1) is 0 Å². The lowest BCUT2D eigenvalue weighted by atomic mass is 10.2. The molecule has 0 N–H and O–H groups in total. The van der Waals surface area contributed by atoms with Gasteiger partial charge in [0.1, 0.15) is 0 Å². The first kappa shape index (κ1) is 8.57. The predicted molar refractivity (Wildman–Crippen MR) is 60.8 cm³/mol. The summed E-state index contributed by atoms with van der Waals surface area (Å²) in [5, 5.41) is 1.25. The van der Waals surface area contributed by atoms with Crippen molar-refractivity contribution in [2.24, 2.45) is 0 Å². The number of hydrogen-bond donors (Lipinski definition) is 1. The molecule has 0 aliphatic rings. The fourth-order valence-corrected chi connectivity index (χ4v) is 1.99. The van der Waals surface area contributed by atoms with Crippen LogP contribution in [0.3, 0.4) is 0 Å². The van der Waals surface area contributed by atoms with E-state index in [-0.39, 0.29) is 10.9 Å². The van der Waals surface area contributed by atoms with Crippen LogP contribution in [0.2, 0.25) is 0 Å². The van der Waals surface area contributed by atoms with Gasteiger partial charge in [-0.05, 0) is 24.6 Å². The Kier molecular flexibility index (Phi) is 2.23. The Morgan fingerprint density at radius 3 is 2.69 bits per heavy atom. The topological polar surface area (TPSA) is 12.9 Å². The third-order valence-corrected chi connectivity index (χ3v) is 3.37. The minimum Gasteiger partial charge on any atom is -0.255 e. The third-order valence-electron chi connectivity index (χ3n) is 2.09. The van der Waals surface area contributed by atoms with Crippen molar-refractivity contribution in [3.8, 4) is 0 Å². The lowest BCUT2D eigenvalue weighted by molar-refractivity contribution is 1.30. The van der Waals surface area contributed by atoms with Gasteiger partial charge in [-0.1, -0.05) is 18.2 Å². The molecule has 0 aliphatic carbocycles. The van der Waals surface area contributed by atoms with E-state index in [1.54, 1.807) is 0 Å². The molecule has 2 heteroatoms. The molecule has 0 unspecified atom stereocenters. The number of thiol groups is 1. The fraction of sp³-hybridized carbons (Fsp3) is 0.182. The van der Waals surface area contributed by atoms with Crippen LogP contribution in [0.1, 0.15) is 0 Å². The zero-order valence-electron chi connectivity index (χ0n) is 7.86. The zero-order valence-corrected chi connectivity index (χ0v) is 8.75.